The fourth-order valence-electron chi connectivity index (χ4n) is 1.35. The van der Waals surface area contributed by atoms with E-state index >= 15 is 0 Å². The molecule has 0 bridgehead atoms. The van der Waals surface area contributed by atoms with E-state index < -0.39 is 12.0 Å². The van der Waals surface area contributed by atoms with Gasteiger partial charge in [0.1, 0.15) is 0 Å². The molecule has 0 aliphatic carbocycles. The molecule has 0 aliphatic heterocycles. The van der Waals surface area contributed by atoms with Crippen LogP contribution in [0.15, 0.2) is 22.7 Å². The molecule has 0 aliphatic rings. The molecule has 1 rings (SSSR count). The smallest absolute Gasteiger partial charge is 0.305 e. The van der Waals surface area contributed by atoms with Crippen LogP contribution < -0.4 is 5.73 Å². The lowest BCUT2D eigenvalue weighted by molar-refractivity contribution is -0.137. The summed E-state index contributed by atoms with van der Waals surface area (Å²) in [5, 5.41) is 8.60. The van der Waals surface area contributed by atoms with Gasteiger partial charge in [0.05, 0.1) is 6.42 Å². The van der Waals surface area contributed by atoms with Crippen molar-refractivity contribution in [1.29, 1.82) is 0 Å². The third-order valence-corrected chi connectivity index (χ3v) is 2.52. The second-order valence-electron chi connectivity index (χ2n) is 3.21. The number of benzene rings is 1. The first-order valence-electron chi connectivity index (χ1n) is 4.24. The van der Waals surface area contributed by atoms with Crippen LogP contribution in [0.5, 0.6) is 0 Å². The Kier molecular flexibility index (Phi) is 3.66. The zero-order valence-corrected chi connectivity index (χ0v) is 9.41. The Morgan fingerprint density at radius 2 is 2.29 bits per heavy atom. The Labute approximate surface area is 91.1 Å². The minimum Gasteiger partial charge on any atom is -0.481 e. The molecule has 1 unspecified atom stereocenters. The molecule has 0 aromatic heterocycles. The molecule has 4 heteroatoms. The van der Waals surface area contributed by atoms with E-state index in [0.717, 1.165) is 15.6 Å². The van der Waals surface area contributed by atoms with Crippen molar-refractivity contribution < 1.29 is 9.90 Å². The highest BCUT2D eigenvalue weighted by Gasteiger charge is 2.12. The van der Waals surface area contributed by atoms with E-state index in [1.807, 2.05) is 25.1 Å². The molecule has 76 valence electrons. The summed E-state index contributed by atoms with van der Waals surface area (Å²) >= 11 is 3.34. The fraction of sp³-hybridized carbons (Fsp3) is 0.300. The number of hydrogen-bond acceptors (Lipinski definition) is 2. The summed E-state index contributed by atoms with van der Waals surface area (Å²) in [6.07, 6.45) is -0.0392. The lowest BCUT2D eigenvalue weighted by Crippen LogP contribution is -2.15. The molecule has 0 amide bonds. The number of hydrogen-bond donors (Lipinski definition) is 2. The molecule has 14 heavy (non-hydrogen) atoms. The van der Waals surface area contributed by atoms with Crippen molar-refractivity contribution in [2.24, 2.45) is 5.73 Å². The van der Waals surface area contributed by atoms with E-state index in [4.69, 9.17) is 10.8 Å². The van der Waals surface area contributed by atoms with Crippen molar-refractivity contribution in [1.82, 2.24) is 0 Å². The molecular formula is C10H12BrNO2. The summed E-state index contributed by atoms with van der Waals surface area (Å²) in [4.78, 5) is 10.5. The van der Waals surface area contributed by atoms with Crippen LogP contribution in [0.25, 0.3) is 0 Å². The van der Waals surface area contributed by atoms with Gasteiger partial charge in [-0.25, -0.2) is 0 Å². The van der Waals surface area contributed by atoms with E-state index in [-0.39, 0.29) is 6.42 Å². The Bertz CT molecular complexity index is 352. The number of nitrogens with two attached hydrogens (primary N) is 1. The lowest BCUT2D eigenvalue weighted by Gasteiger charge is -2.12. The SMILES string of the molecule is Cc1cc(Br)ccc1C(N)CC(=O)O. The molecule has 0 fully saturated rings. The maximum absolute atomic E-state index is 10.5. The number of aryl methyl sites for hydroxylation is 1. The van der Waals surface area contributed by atoms with Gasteiger partial charge in [-0.2, -0.15) is 0 Å². The highest BCUT2D eigenvalue weighted by atomic mass is 79.9. The van der Waals surface area contributed by atoms with Crippen LogP contribution in [0.4, 0.5) is 0 Å². The molecule has 0 radical (unpaired) electrons. The summed E-state index contributed by atoms with van der Waals surface area (Å²) in [6, 6.07) is 5.22. The van der Waals surface area contributed by atoms with Gasteiger partial charge in [0.2, 0.25) is 0 Å². The highest BCUT2D eigenvalue weighted by Crippen LogP contribution is 2.22. The molecule has 3 nitrogen and oxygen atoms in total. The molecule has 1 aromatic rings. The average Bonchev–Trinajstić information content (AvgIpc) is 2.01. The predicted octanol–water partition coefficient (Wildman–Crippen LogP) is 2.23. The Hall–Kier alpha value is -0.870. The Balaban J connectivity index is 2.90. The van der Waals surface area contributed by atoms with Crippen LogP contribution in [0, 0.1) is 6.92 Å². The zero-order valence-electron chi connectivity index (χ0n) is 7.83. The quantitative estimate of drug-likeness (QED) is 0.873. The topological polar surface area (TPSA) is 63.3 Å². The van der Waals surface area contributed by atoms with Crippen LogP contribution in [-0.2, 0) is 4.79 Å². The van der Waals surface area contributed by atoms with Gasteiger partial charge >= 0.3 is 5.97 Å². The number of carboxylic acids is 1. The van der Waals surface area contributed by atoms with E-state index in [9.17, 15) is 4.79 Å². The lowest BCUT2D eigenvalue weighted by atomic mass is 10.00. The number of carboxylic acid groups (broad SMARTS) is 1. The molecule has 0 saturated heterocycles. The van der Waals surface area contributed by atoms with Crippen molar-refractivity contribution in [2.75, 3.05) is 0 Å². The first kappa shape index (κ1) is 11.2. The van der Waals surface area contributed by atoms with Crippen molar-refractivity contribution >= 4 is 21.9 Å². The average molecular weight is 258 g/mol. The Morgan fingerprint density at radius 3 is 2.79 bits per heavy atom. The largest absolute Gasteiger partial charge is 0.481 e. The van der Waals surface area contributed by atoms with Gasteiger partial charge in [-0.15, -0.1) is 0 Å². The van der Waals surface area contributed by atoms with Gasteiger partial charge in [-0.1, -0.05) is 22.0 Å². The molecule has 1 atom stereocenters. The van der Waals surface area contributed by atoms with Gasteiger partial charge < -0.3 is 10.8 Å². The first-order chi connectivity index (χ1) is 6.50. The predicted molar refractivity (Wildman–Crippen MR) is 58.1 cm³/mol. The first-order valence-corrected chi connectivity index (χ1v) is 5.03. The second-order valence-corrected chi connectivity index (χ2v) is 4.12. The third kappa shape index (κ3) is 2.82. The maximum atomic E-state index is 10.5. The summed E-state index contributed by atoms with van der Waals surface area (Å²) in [6.45, 7) is 1.92. The normalized spacial score (nSPS) is 12.5. The van der Waals surface area contributed by atoms with E-state index in [1.54, 1.807) is 0 Å². The van der Waals surface area contributed by atoms with Gasteiger partial charge in [0.15, 0.2) is 0 Å². The van der Waals surface area contributed by atoms with Crippen LogP contribution >= 0.6 is 15.9 Å². The van der Waals surface area contributed by atoms with E-state index in [2.05, 4.69) is 15.9 Å². The maximum Gasteiger partial charge on any atom is 0.305 e. The summed E-state index contributed by atoms with van der Waals surface area (Å²) in [5.41, 5.74) is 7.64. The molecule has 0 saturated carbocycles. The second kappa shape index (κ2) is 4.57. The number of carbonyl (C=O) groups is 1. The van der Waals surface area contributed by atoms with E-state index in [0.29, 0.717) is 0 Å². The molecule has 3 N–H and O–H groups in total. The van der Waals surface area contributed by atoms with E-state index in [1.165, 1.54) is 0 Å². The van der Waals surface area contributed by atoms with Crippen LogP contribution in [0.3, 0.4) is 0 Å². The fourth-order valence-corrected chi connectivity index (χ4v) is 1.83. The molecule has 0 heterocycles. The minimum atomic E-state index is -0.875. The number of aliphatic carboxylic acids is 1. The number of halogens is 1. The minimum absolute atomic E-state index is 0.0392. The molecule has 0 spiro atoms. The summed E-state index contributed by atoms with van der Waals surface area (Å²) in [7, 11) is 0. The summed E-state index contributed by atoms with van der Waals surface area (Å²) in [5.74, 6) is -0.875. The van der Waals surface area contributed by atoms with Crippen LogP contribution in [0.1, 0.15) is 23.6 Å². The van der Waals surface area contributed by atoms with Gasteiger partial charge in [-0.3, -0.25) is 4.79 Å². The molecular weight excluding hydrogens is 246 g/mol. The van der Waals surface area contributed by atoms with Gasteiger partial charge in [0, 0.05) is 10.5 Å². The van der Waals surface area contributed by atoms with Crippen molar-refractivity contribution in [3.63, 3.8) is 0 Å². The zero-order chi connectivity index (χ0) is 10.7. The van der Waals surface area contributed by atoms with Crippen LogP contribution in [-0.4, -0.2) is 11.1 Å². The highest BCUT2D eigenvalue weighted by molar-refractivity contribution is 9.10. The van der Waals surface area contributed by atoms with Gasteiger partial charge in [0.25, 0.3) is 0 Å². The Morgan fingerprint density at radius 1 is 1.64 bits per heavy atom. The number of rotatable bonds is 3. The standard InChI is InChI=1S/C10H12BrNO2/c1-6-4-7(11)2-3-8(6)9(12)5-10(13)14/h2-4,9H,5,12H2,1H3,(H,13,14). The third-order valence-electron chi connectivity index (χ3n) is 2.03. The monoisotopic (exact) mass is 257 g/mol. The molecule has 1 aromatic carbocycles. The van der Waals surface area contributed by atoms with Gasteiger partial charge in [-0.05, 0) is 30.2 Å². The van der Waals surface area contributed by atoms with Crippen molar-refractivity contribution in [2.45, 2.75) is 19.4 Å². The summed E-state index contributed by atoms with van der Waals surface area (Å²) < 4.78 is 0.973. The van der Waals surface area contributed by atoms with Crippen molar-refractivity contribution in [3.8, 4) is 0 Å². The van der Waals surface area contributed by atoms with Crippen LogP contribution in [0.2, 0.25) is 0 Å². The van der Waals surface area contributed by atoms with Crippen molar-refractivity contribution in [3.05, 3.63) is 33.8 Å².